The molecule has 0 aromatic carbocycles. The second-order valence-electron chi connectivity index (χ2n) is 5.11. The average molecular weight is 281 g/mol. The molecule has 0 fully saturated rings. The van der Waals surface area contributed by atoms with Crippen molar-refractivity contribution < 1.29 is 23.5 Å². The van der Waals surface area contributed by atoms with Crippen LogP contribution in [0.15, 0.2) is 35.0 Å². The van der Waals surface area contributed by atoms with E-state index in [0.29, 0.717) is 0 Å². The van der Waals surface area contributed by atoms with E-state index < -0.39 is 17.7 Å². The normalized spacial score (nSPS) is 10.8. The molecule has 1 aromatic heterocycles. The summed E-state index contributed by atoms with van der Waals surface area (Å²) in [5, 5.41) is 0. The monoisotopic (exact) mass is 281 g/mol. The summed E-state index contributed by atoms with van der Waals surface area (Å²) >= 11 is 0. The molecular weight excluding hydrogens is 262 g/mol. The average Bonchev–Trinajstić information content (AvgIpc) is 2.85. The number of carbonyl (C=O) groups excluding carboxylic acids is 2. The zero-order chi connectivity index (χ0) is 15.3. The maximum Gasteiger partial charge on any atom is 0.417 e. The van der Waals surface area contributed by atoms with Gasteiger partial charge in [0.15, 0.2) is 0 Å². The molecule has 0 aliphatic carbocycles. The minimum absolute atomic E-state index is 0.0743. The van der Waals surface area contributed by atoms with Crippen LogP contribution in [0.1, 0.15) is 20.8 Å². The summed E-state index contributed by atoms with van der Waals surface area (Å²) in [4.78, 5) is 24.7. The molecule has 0 aliphatic heterocycles. The number of furan rings is 1. The number of rotatable bonds is 4. The lowest BCUT2D eigenvalue weighted by molar-refractivity contribution is -0.136. The van der Waals surface area contributed by atoms with E-state index in [1.165, 1.54) is 18.3 Å². The van der Waals surface area contributed by atoms with E-state index in [1.54, 1.807) is 32.9 Å². The summed E-state index contributed by atoms with van der Waals surface area (Å²) in [7, 11) is 1.25. The molecule has 1 amide bonds. The Kier molecular flexibility index (Phi) is 4.96. The van der Waals surface area contributed by atoms with Crippen LogP contribution in [-0.2, 0) is 14.3 Å². The number of ether oxygens (including phenoxy) is 2. The van der Waals surface area contributed by atoms with Crippen LogP contribution in [0, 0.1) is 0 Å². The molecule has 0 N–H and O–H groups in total. The van der Waals surface area contributed by atoms with Crippen molar-refractivity contribution in [2.45, 2.75) is 26.4 Å². The molecule has 1 heterocycles. The molecule has 110 valence electrons. The first kappa shape index (κ1) is 15.8. The van der Waals surface area contributed by atoms with E-state index in [2.05, 4.69) is 11.3 Å². The lowest BCUT2D eigenvalue weighted by Gasteiger charge is -2.25. The van der Waals surface area contributed by atoms with Crippen LogP contribution >= 0.6 is 0 Å². The molecule has 0 bridgehead atoms. The van der Waals surface area contributed by atoms with Crippen molar-refractivity contribution in [3.63, 3.8) is 0 Å². The van der Waals surface area contributed by atoms with Gasteiger partial charge in [-0.05, 0) is 26.8 Å². The molecule has 6 nitrogen and oxygen atoms in total. The van der Waals surface area contributed by atoms with Crippen LogP contribution < -0.4 is 4.90 Å². The SMILES string of the molecule is C=C(CN(C(=O)OC(C)(C)C)c1ccco1)C(=O)OC. The van der Waals surface area contributed by atoms with Gasteiger partial charge < -0.3 is 13.9 Å². The number of carbonyl (C=O) groups is 2. The highest BCUT2D eigenvalue weighted by Crippen LogP contribution is 2.20. The molecule has 0 radical (unpaired) electrons. The Morgan fingerprint density at radius 2 is 2.05 bits per heavy atom. The third kappa shape index (κ3) is 4.46. The van der Waals surface area contributed by atoms with Gasteiger partial charge in [-0.1, -0.05) is 6.58 Å². The summed E-state index contributed by atoms with van der Waals surface area (Å²) in [6, 6.07) is 3.22. The molecule has 1 rings (SSSR count). The molecule has 0 unspecified atom stereocenters. The van der Waals surface area contributed by atoms with Crippen LogP contribution in [-0.4, -0.2) is 31.3 Å². The van der Waals surface area contributed by atoms with Gasteiger partial charge in [-0.15, -0.1) is 0 Å². The Hall–Kier alpha value is -2.24. The van der Waals surface area contributed by atoms with Gasteiger partial charge in [0.25, 0.3) is 0 Å². The van der Waals surface area contributed by atoms with Gasteiger partial charge >= 0.3 is 12.1 Å². The van der Waals surface area contributed by atoms with Gasteiger partial charge in [-0.25, -0.2) is 14.5 Å². The third-order valence-corrected chi connectivity index (χ3v) is 2.21. The zero-order valence-corrected chi connectivity index (χ0v) is 12.1. The Balaban J connectivity index is 2.90. The smallest absolute Gasteiger partial charge is 0.417 e. The molecule has 0 atom stereocenters. The quantitative estimate of drug-likeness (QED) is 0.627. The fourth-order valence-corrected chi connectivity index (χ4v) is 1.37. The van der Waals surface area contributed by atoms with Gasteiger partial charge in [0.05, 0.1) is 25.5 Å². The van der Waals surface area contributed by atoms with E-state index >= 15 is 0 Å². The second kappa shape index (κ2) is 6.27. The van der Waals surface area contributed by atoms with E-state index in [4.69, 9.17) is 9.15 Å². The van der Waals surface area contributed by atoms with Crippen molar-refractivity contribution in [3.05, 3.63) is 30.5 Å². The number of hydrogen-bond acceptors (Lipinski definition) is 5. The van der Waals surface area contributed by atoms with Gasteiger partial charge in [0, 0.05) is 6.07 Å². The number of esters is 1. The van der Waals surface area contributed by atoms with Crippen molar-refractivity contribution in [1.82, 2.24) is 0 Å². The van der Waals surface area contributed by atoms with Gasteiger partial charge in [0.2, 0.25) is 5.88 Å². The lowest BCUT2D eigenvalue weighted by Crippen LogP contribution is -2.38. The van der Waals surface area contributed by atoms with E-state index in [-0.39, 0.29) is 18.0 Å². The van der Waals surface area contributed by atoms with Crippen molar-refractivity contribution in [3.8, 4) is 0 Å². The predicted octanol–water partition coefficient (Wildman–Crippen LogP) is 2.75. The molecule has 0 spiro atoms. The fourth-order valence-electron chi connectivity index (χ4n) is 1.37. The minimum Gasteiger partial charge on any atom is -0.466 e. The molecular formula is C14H19NO5. The molecule has 1 aromatic rings. The largest absolute Gasteiger partial charge is 0.466 e. The molecule has 0 aliphatic rings. The lowest BCUT2D eigenvalue weighted by atomic mass is 10.2. The Morgan fingerprint density at radius 1 is 1.40 bits per heavy atom. The number of amides is 1. The number of hydrogen-bond donors (Lipinski definition) is 0. The first-order valence-corrected chi connectivity index (χ1v) is 6.04. The van der Waals surface area contributed by atoms with Crippen LogP contribution in [0.25, 0.3) is 0 Å². The highest BCUT2D eigenvalue weighted by atomic mass is 16.6. The van der Waals surface area contributed by atoms with Gasteiger partial charge in [-0.2, -0.15) is 0 Å². The van der Waals surface area contributed by atoms with E-state index in [9.17, 15) is 9.59 Å². The number of nitrogens with zero attached hydrogens (tertiary/aromatic N) is 1. The second-order valence-corrected chi connectivity index (χ2v) is 5.11. The predicted molar refractivity (Wildman–Crippen MR) is 73.4 cm³/mol. The van der Waals surface area contributed by atoms with Crippen LogP contribution in [0.4, 0.5) is 10.7 Å². The maximum atomic E-state index is 12.2. The van der Waals surface area contributed by atoms with Gasteiger partial charge in [-0.3, -0.25) is 0 Å². The Morgan fingerprint density at radius 3 is 2.50 bits per heavy atom. The molecule has 6 heteroatoms. The van der Waals surface area contributed by atoms with Crippen molar-refractivity contribution in [1.29, 1.82) is 0 Å². The summed E-state index contributed by atoms with van der Waals surface area (Å²) in [5.41, 5.74) is -0.538. The van der Waals surface area contributed by atoms with Crippen LogP contribution in [0.5, 0.6) is 0 Å². The Bertz CT molecular complexity index is 484. The fraction of sp³-hybridized carbons (Fsp3) is 0.429. The highest BCUT2D eigenvalue weighted by Gasteiger charge is 2.26. The number of methoxy groups -OCH3 is 1. The van der Waals surface area contributed by atoms with E-state index in [1.807, 2.05) is 0 Å². The summed E-state index contributed by atoms with van der Waals surface area (Å²) < 4.78 is 15.0. The van der Waals surface area contributed by atoms with Crippen molar-refractivity contribution >= 4 is 17.9 Å². The number of anilines is 1. The third-order valence-electron chi connectivity index (χ3n) is 2.21. The van der Waals surface area contributed by atoms with Crippen molar-refractivity contribution in [2.75, 3.05) is 18.6 Å². The standard InChI is InChI=1S/C14H19NO5/c1-10(12(16)18-5)9-15(11-7-6-8-19-11)13(17)20-14(2,3)4/h6-8H,1,9H2,2-5H3. The summed E-state index contributed by atoms with van der Waals surface area (Å²) in [6.07, 6.45) is 0.797. The maximum absolute atomic E-state index is 12.2. The van der Waals surface area contributed by atoms with Crippen LogP contribution in [0.2, 0.25) is 0 Å². The van der Waals surface area contributed by atoms with Gasteiger partial charge in [0.1, 0.15) is 5.60 Å². The van der Waals surface area contributed by atoms with Crippen molar-refractivity contribution in [2.24, 2.45) is 0 Å². The Labute approximate surface area is 117 Å². The zero-order valence-electron chi connectivity index (χ0n) is 12.1. The topological polar surface area (TPSA) is 69.0 Å². The molecule has 20 heavy (non-hydrogen) atoms. The first-order valence-electron chi connectivity index (χ1n) is 6.04. The molecule has 0 saturated heterocycles. The minimum atomic E-state index is -0.658. The summed E-state index contributed by atoms with van der Waals surface area (Å²) in [5.74, 6) is -0.325. The van der Waals surface area contributed by atoms with Crippen LogP contribution in [0.3, 0.4) is 0 Å². The summed E-state index contributed by atoms with van der Waals surface area (Å²) in [6.45, 7) is 8.77. The first-order chi connectivity index (χ1) is 9.24. The van der Waals surface area contributed by atoms with E-state index in [0.717, 1.165) is 0 Å². The molecule has 0 saturated carbocycles. The highest BCUT2D eigenvalue weighted by molar-refractivity contribution is 5.93.